The van der Waals surface area contributed by atoms with E-state index in [1.807, 2.05) is 0 Å². The van der Waals surface area contributed by atoms with Crippen molar-refractivity contribution in [2.75, 3.05) is 20.0 Å². The Hall–Kier alpha value is -4.16. The molecule has 2 aromatic heterocycles. The zero-order valence-electron chi connectivity index (χ0n) is 15.1. The molecule has 4 N–H and O–H groups in total. The first kappa shape index (κ1) is 18.6. The SMILES string of the molecule is COc1cc(C=NNC(=O)c2c(C)nnn2-c2nonc2N)cc(OC)c1O. The average molecular weight is 388 g/mol. The highest BCUT2D eigenvalue weighted by atomic mass is 16.6. The number of phenols is 1. The molecule has 0 spiro atoms. The summed E-state index contributed by atoms with van der Waals surface area (Å²) >= 11 is 0. The standard InChI is InChI=1S/C15H16N8O5/c1-7-11(23(22-18-7)14-13(16)20-28-21-14)15(25)19-17-6-8-4-9(26-2)12(24)10(5-8)27-3/h4-6,24H,1-3H3,(H2,16,20)(H,19,25). The number of aromatic nitrogens is 5. The van der Waals surface area contributed by atoms with Crippen LogP contribution < -0.4 is 20.6 Å². The molecule has 28 heavy (non-hydrogen) atoms. The Bertz CT molecular complexity index is 1020. The first-order valence-corrected chi connectivity index (χ1v) is 7.75. The van der Waals surface area contributed by atoms with Gasteiger partial charge in [0.05, 0.1) is 26.1 Å². The fraction of sp³-hybridized carbons (Fsp3) is 0.200. The molecule has 146 valence electrons. The first-order chi connectivity index (χ1) is 13.5. The zero-order valence-corrected chi connectivity index (χ0v) is 15.1. The fourth-order valence-corrected chi connectivity index (χ4v) is 2.31. The van der Waals surface area contributed by atoms with Crippen LogP contribution in [0.15, 0.2) is 21.9 Å². The van der Waals surface area contributed by atoms with Gasteiger partial charge >= 0.3 is 0 Å². The van der Waals surface area contributed by atoms with Gasteiger partial charge in [-0.1, -0.05) is 5.21 Å². The Morgan fingerprint density at radius 1 is 1.32 bits per heavy atom. The van der Waals surface area contributed by atoms with Gasteiger partial charge in [0.2, 0.25) is 17.4 Å². The predicted octanol–water partition coefficient (Wildman–Crippen LogP) is 0.0276. The lowest BCUT2D eigenvalue weighted by atomic mass is 10.2. The second kappa shape index (κ2) is 7.61. The number of methoxy groups -OCH3 is 2. The fourth-order valence-electron chi connectivity index (χ4n) is 2.31. The molecule has 0 aliphatic heterocycles. The van der Waals surface area contributed by atoms with Gasteiger partial charge < -0.3 is 20.3 Å². The van der Waals surface area contributed by atoms with E-state index in [4.69, 9.17) is 15.2 Å². The van der Waals surface area contributed by atoms with Crippen molar-refractivity contribution in [3.63, 3.8) is 0 Å². The molecule has 0 radical (unpaired) electrons. The average Bonchev–Trinajstić information content (AvgIpc) is 3.27. The van der Waals surface area contributed by atoms with Gasteiger partial charge in [0.15, 0.2) is 17.2 Å². The van der Waals surface area contributed by atoms with E-state index in [0.717, 1.165) is 4.68 Å². The number of aromatic hydroxyl groups is 1. The molecule has 2 heterocycles. The van der Waals surface area contributed by atoms with Crippen LogP contribution in [-0.2, 0) is 0 Å². The van der Waals surface area contributed by atoms with Crippen molar-refractivity contribution < 1.29 is 24.0 Å². The van der Waals surface area contributed by atoms with Crippen molar-refractivity contribution in [3.05, 3.63) is 29.1 Å². The molecule has 0 aliphatic rings. The molecule has 0 fully saturated rings. The smallest absolute Gasteiger partial charge is 0.292 e. The number of nitrogens with two attached hydrogens (primary N) is 1. The number of rotatable bonds is 6. The third-order valence-electron chi connectivity index (χ3n) is 3.63. The quantitative estimate of drug-likeness (QED) is 0.385. The van der Waals surface area contributed by atoms with Crippen molar-refractivity contribution in [3.8, 4) is 23.1 Å². The van der Waals surface area contributed by atoms with Crippen molar-refractivity contribution in [1.29, 1.82) is 0 Å². The zero-order chi connectivity index (χ0) is 20.3. The third-order valence-corrected chi connectivity index (χ3v) is 3.63. The van der Waals surface area contributed by atoms with Gasteiger partial charge in [-0.15, -0.1) is 5.10 Å². The third kappa shape index (κ3) is 3.40. The number of aryl methyl sites for hydroxylation is 1. The summed E-state index contributed by atoms with van der Waals surface area (Å²) < 4.78 is 15.7. The summed E-state index contributed by atoms with van der Waals surface area (Å²) in [6.07, 6.45) is 1.35. The van der Waals surface area contributed by atoms with E-state index in [0.29, 0.717) is 11.3 Å². The van der Waals surface area contributed by atoms with Crippen molar-refractivity contribution in [2.24, 2.45) is 5.10 Å². The number of carbonyl (C=O) groups is 1. The second-order valence-corrected chi connectivity index (χ2v) is 5.38. The van der Waals surface area contributed by atoms with Crippen LogP contribution in [-0.4, -0.2) is 56.8 Å². The number of benzene rings is 1. The number of phenolic OH excluding ortho intramolecular Hbond substituents is 1. The number of hydrogen-bond donors (Lipinski definition) is 3. The van der Waals surface area contributed by atoms with E-state index >= 15 is 0 Å². The van der Waals surface area contributed by atoms with E-state index < -0.39 is 5.91 Å². The summed E-state index contributed by atoms with van der Waals surface area (Å²) in [6, 6.07) is 3.04. The number of hydrogen-bond acceptors (Lipinski definition) is 11. The number of hydrazone groups is 1. The van der Waals surface area contributed by atoms with Crippen molar-refractivity contribution >= 4 is 17.9 Å². The maximum absolute atomic E-state index is 12.5. The minimum absolute atomic E-state index is 0.0303. The van der Waals surface area contributed by atoms with E-state index in [1.54, 1.807) is 6.92 Å². The molecular weight excluding hydrogens is 372 g/mol. The van der Waals surface area contributed by atoms with Crippen LogP contribution in [0, 0.1) is 6.92 Å². The van der Waals surface area contributed by atoms with Gasteiger partial charge in [-0.25, -0.2) is 10.1 Å². The van der Waals surface area contributed by atoms with Crippen molar-refractivity contribution in [2.45, 2.75) is 6.92 Å². The maximum Gasteiger partial charge on any atom is 0.292 e. The Morgan fingerprint density at radius 2 is 2.00 bits per heavy atom. The van der Waals surface area contributed by atoms with Crippen LogP contribution in [0.25, 0.3) is 5.82 Å². The molecule has 3 aromatic rings. The van der Waals surface area contributed by atoms with Crippen molar-refractivity contribution in [1.82, 2.24) is 30.7 Å². The van der Waals surface area contributed by atoms with Gasteiger partial charge in [0.1, 0.15) is 0 Å². The number of nitrogens with one attached hydrogen (secondary N) is 1. The molecule has 0 saturated heterocycles. The normalized spacial score (nSPS) is 11.0. The summed E-state index contributed by atoms with van der Waals surface area (Å²) in [4.78, 5) is 12.5. The highest BCUT2D eigenvalue weighted by molar-refractivity contribution is 5.95. The van der Waals surface area contributed by atoms with Crippen LogP contribution in [0.3, 0.4) is 0 Å². The van der Waals surface area contributed by atoms with E-state index in [1.165, 1.54) is 32.6 Å². The van der Waals surface area contributed by atoms with Gasteiger partial charge in [0, 0.05) is 5.56 Å². The van der Waals surface area contributed by atoms with E-state index in [9.17, 15) is 9.90 Å². The number of nitrogen functional groups attached to an aromatic ring is 1. The summed E-state index contributed by atoms with van der Waals surface area (Å²) in [7, 11) is 2.80. The number of nitrogens with zero attached hydrogens (tertiary/aromatic N) is 6. The lowest BCUT2D eigenvalue weighted by molar-refractivity contribution is 0.0946. The Kier molecular flexibility index (Phi) is 5.06. The molecule has 1 amide bonds. The minimum Gasteiger partial charge on any atom is -0.502 e. The largest absolute Gasteiger partial charge is 0.502 e. The summed E-state index contributed by atoms with van der Waals surface area (Å²) in [6.45, 7) is 1.58. The Balaban J connectivity index is 1.82. The Labute approximate surface area is 157 Å². The molecule has 13 heteroatoms. The lowest BCUT2D eigenvalue weighted by Crippen LogP contribution is -2.22. The van der Waals surface area contributed by atoms with E-state index in [-0.39, 0.29) is 34.6 Å². The molecule has 1 aromatic carbocycles. The van der Waals surface area contributed by atoms with Gasteiger partial charge in [-0.3, -0.25) is 4.79 Å². The molecule has 0 unspecified atom stereocenters. The molecule has 0 bridgehead atoms. The van der Waals surface area contributed by atoms with Gasteiger partial charge in [-0.05, 0) is 29.4 Å². The molecule has 0 aliphatic carbocycles. The summed E-state index contributed by atoms with van der Waals surface area (Å²) in [5.74, 6) is -0.388. The van der Waals surface area contributed by atoms with E-state index in [2.05, 4.69) is 35.8 Å². The van der Waals surface area contributed by atoms with Crippen LogP contribution in [0.5, 0.6) is 17.2 Å². The minimum atomic E-state index is -0.612. The number of amides is 1. The number of ether oxygens (including phenoxy) is 2. The van der Waals surface area contributed by atoms with Crippen LogP contribution in [0.2, 0.25) is 0 Å². The van der Waals surface area contributed by atoms with Crippen LogP contribution in [0.4, 0.5) is 5.82 Å². The maximum atomic E-state index is 12.5. The van der Waals surface area contributed by atoms with Gasteiger partial charge in [-0.2, -0.15) is 9.78 Å². The second-order valence-electron chi connectivity index (χ2n) is 5.38. The predicted molar refractivity (Wildman–Crippen MR) is 94.6 cm³/mol. The molecule has 0 atom stereocenters. The highest BCUT2D eigenvalue weighted by Crippen LogP contribution is 2.36. The molecule has 3 rings (SSSR count). The molecule has 13 nitrogen and oxygen atoms in total. The van der Waals surface area contributed by atoms with Crippen LogP contribution >= 0.6 is 0 Å². The number of carbonyl (C=O) groups excluding carboxylic acids is 1. The molecule has 0 saturated carbocycles. The first-order valence-electron chi connectivity index (χ1n) is 7.75. The topological polar surface area (TPSA) is 176 Å². The monoisotopic (exact) mass is 388 g/mol. The lowest BCUT2D eigenvalue weighted by Gasteiger charge is -2.09. The Morgan fingerprint density at radius 3 is 2.57 bits per heavy atom. The molecular formula is C15H16N8O5. The van der Waals surface area contributed by atoms with Crippen LogP contribution in [0.1, 0.15) is 21.7 Å². The van der Waals surface area contributed by atoms with Gasteiger partial charge in [0.25, 0.3) is 5.91 Å². The number of anilines is 1. The summed E-state index contributed by atoms with van der Waals surface area (Å²) in [5, 5.41) is 28.5. The highest BCUT2D eigenvalue weighted by Gasteiger charge is 2.22. The summed E-state index contributed by atoms with van der Waals surface area (Å²) in [5.41, 5.74) is 8.88.